The van der Waals surface area contributed by atoms with E-state index in [9.17, 15) is 0 Å². The Balaban J connectivity index is 0. The molecule has 0 saturated heterocycles. The quantitative estimate of drug-likeness (QED) is 0.681. The van der Waals surface area contributed by atoms with Crippen LogP contribution >= 0.6 is 0 Å². The van der Waals surface area contributed by atoms with Crippen molar-refractivity contribution in [1.29, 1.82) is 0 Å². The maximum Gasteiger partial charge on any atom is 0.137 e. The normalized spacial score (nSPS) is 13.6. The van der Waals surface area contributed by atoms with Crippen LogP contribution in [0.1, 0.15) is 40.5 Å². The molecule has 78 valence electrons. The minimum absolute atomic E-state index is 0.767. The molecule has 0 radical (unpaired) electrons. The van der Waals surface area contributed by atoms with Crippen molar-refractivity contribution in [2.45, 2.75) is 40.5 Å². The van der Waals surface area contributed by atoms with Crippen molar-refractivity contribution < 1.29 is 4.74 Å². The number of allylic oxidation sites excluding steroid dienone is 2. The molecular weight excluding hydrogens is 162 g/mol. The number of nitrogens with two attached hydrogens (primary N) is 1. The molecule has 0 aliphatic heterocycles. The van der Waals surface area contributed by atoms with E-state index < -0.39 is 0 Å². The zero-order chi connectivity index (χ0) is 10.7. The third-order valence-corrected chi connectivity index (χ3v) is 1.37. The number of hydrogen-bond acceptors (Lipinski definition) is 2. The molecule has 1 aliphatic rings. The topological polar surface area (TPSA) is 35.2 Å². The molecule has 0 aromatic rings. The van der Waals surface area contributed by atoms with Gasteiger partial charge in [0.05, 0.1) is 12.8 Å². The third-order valence-electron chi connectivity index (χ3n) is 1.37. The molecule has 1 aliphatic carbocycles. The summed E-state index contributed by atoms with van der Waals surface area (Å²) in [5.74, 6) is 0.821. The lowest BCUT2D eigenvalue weighted by molar-refractivity contribution is 0.296. The van der Waals surface area contributed by atoms with Crippen molar-refractivity contribution in [3.05, 3.63) is 23.6 Å². The summed E-state index contributed by atoms with van der Waals surface area (Å²) in [5, 5.41) is 0. The molecule has 0 amide bonds. The van der Waals surface area contributed by atoms with Gasteiger partial charge in [0.1, 0.15) is 5.76 Å². The standard InChI is InChI=1S/C7H11NO.2C2H6/c1-9-7-5-3-2-4-6(7)8;2*1-2/h4-5H,2-3,8H2,1H3;2*1-2H3. The van der Waals surface area contributed by atoms with Crippen molar-refractivity contribution in [2.75, 3.05) is 7.11 Å². The van der Waals surface area contributed by atoms with Gasteiger partial charge in [0.2, 0.25) is 0 Å². The molecular formula is C11H23NO. The fourth-order valence-corrected chi connectivity index (χ4v) is 0.873. The Labute approximate surface area is 82.5 Å². The van der Waals surface area contributed by atoms with Crippen molar-refractivity contribution in [3.8, 4) is 0 Å². The highest BCUT2D eigenvalue weighted by molar-refractivity contribution is 5.25. The molecule has 0 spiro atoms. The molecule has 2 nitrogen and oxygen atoms in total. The Hall–Kier alpha value is -0.920. The van der Waals surface area contributed by atoms with Crippen LogP contribution in [0.4, 0.5) is 0 Å². The second kappa shape index (κ2) is 11.1. The molecule has 0 atom stereocenters. The van der Waals surface area contributed by atoms with Crippen LogP contribution in [0.15, 0.2) is 23.6 Å². The molecule has 2 heteroatoms. The molecule has 0 unspecified atom stereocenters. The van der Waals surface area contributed by atoms with E-state index in [1.807, 2.05) is 39.8 Å². The summed E-state index contributed by atoms with van der Waals surface area (Å²) >= 11 is 0. The summed E-state index contributed by atoms with van der Waals surface area (Å²) in [6, 6.07) is 0. The van der Waals surface area contributed by atoms with E-state index in [-0.39, 0.29) is 0 Å². The third kappa shape index (κ3) is 6.26. The van der Waals surface area contributed by atoms with Crippen LogP contribution in [0, 0.1) is 0 Å². The van der Waals surface area contributed by atoms with E-state index >= 15 is 0 Å². The fraction of sp³-hybridized carbons (Fsp3) is 0.636. The zero-order valence-electron chi connectivity index (χ0n) is 9.55. The molecule has 1 rings (SSSR count). The van der Waals surface area contributed by atoms with Gasteiger partial charge in [0.15, 0.2) is 0 Å². The van der Waals surface area contributed by atoms with Gasteiger partial charge >= 0.3 is 0 Å². The summed E-state index contributed by atoms with van der Waals surface area (Å²) < 4.78 is 4.97. The Morgan fingerprint density at radius 1 is 1.08 bits per heavy atom. The molecule has 0 fully saturated rings. The Morgan fingerprint density at radius 3 is 1.85 bits per heavy atom. The predicted molar refractivity (Wildman–Crippen MR) is 59.3 cm³/mol. The van der Waals surface area contributed by atoms with Crippen LogP contribution in [0.25, 0.3) is 0 Å². The van der Waals surface area contributed by atoms with E-state index in [1.165, 1.54) is 0 Å². The summed E-state index contributed by atoms with van der Waals surface area (Å²) in [4.78, 5) is 0. The minimum atomic E-state index is 0.767. The van der Waals surface area contributed by atoms with Gasteiger partial charge in [0.25, 0.3) is 0 Å². The molecule has 0 aromatic carbocycles. The van der Waals surface area contributed by atoms with E-state index in [1.54, 1.807) is 7.11 Å². The molecule has 2 N–H and O–H groups in total. The van der Waals surface area contributed by atoms with Crippen LogP contribution in [0.3, 0.4) is 0 Å². The SMILES string of the molecule is CC.CC.COC1=CCCC=C1N. The van der Waals surface area contributed by atoms with Gasteiger partial charge in [-0.3, -0.25) is 0 Å². The first-order chi connectivity index (χ1) is 6.34. The summed E-state index contributed by atoms with van der Waals surface area (Å²) in [5.41, 5.74) is 6.32. The zero-order valence-corrected chi connectivity index (χ0v) is 9.55. The summed E-state index contributed by atoms with van der Waals surface area (Å²) in [6.45, 7) is 8.00. The Bertz CT molecular complexity index is 159. The lowest BCUT2D eigenvalue weighted by Gasteiger charge is -2.09. The second-order valence-electron chi connectivity index (χ2n) is 2.01. The maximum absolute atomic E-state index is 5.56. The van der Waals surface area contributed by atoms with Crippen LogP contribution in [-0.2, 0) is 4.74 Å². The van der Waals surface area contributed by atoms with Crippen LogP contribution in [-0.4, -0.2) is 7.11 Å². The fourth-order valence-electron chi connectivity index (χ4n) is 0.873. The Morgan fingerprint density at radius 2 is 1.54 bits per heavy atom. The van der Waals surface area contributed by atoms with Crippen LogP contribution in [0.2, 0.25) is 0 Å². The predicted octanol–water partition coefficient (Wildman–Crippen LogP) is 3.21. The monoisotopic (exact) mass is 185 g/mol. The highest BCUT2D eigenvalue weighted by Crippen LogP contribution is 2.13. The van der Waals surface area contributed by atoms with Gasteiger partial charge in [-0.05, 0) is 18.9 Å². The average Bonchev–Trinajstić information content (AvgIpc) is 2.24. The van der Waals surface area contributed by atoms with E-state index in [0.717, 1.165) is 24.3 Å². The van der Waals surface area contributed by atoms with Crippen molar-refractivity contribution in [1.82, 2.24) is 0 Å². The second-order valence-corrected chi connectivity index (χ2v) is 2.01. The number of rotatable bonds is 1. The Kier molecular flexibility index (Phi) is 12.4. The van der Waals surface area contributed by atoms with Gasteiger partial charge in [-0.25, -0.2) is 0 Å². The average molecular weight is 185 g/mol. The maximum atomic E-state index is 5.56. The number of hydrogen-bond donors (Lipinski definition) is 1. The van der Waals surface area contributed by atoms with Gasteiger partial charge in [0, 0.05) is 0 Å². The van der Waals surface area contributed by atoms with E-state index in [2.05, 4.69) is 0 Å². The molecule has 0 saturated carbocycles. The lowest BCUT2D eigenvalue weighted by atomic mass is 10.1. The van der Waals surface area contributed by atoms with E-state index in [4.69, 9.17) is 10.5 Å². The lowest BCUT2D eigenvalue weighted by Crippen LogP contribution is -2.05. The van der Waals surface area contributed by atoms with Crippen LogP contribution < -0.4 is 5.73 Å². The van der Waals surface area contributed by atoms with Gasteiger partial charge in [-0.15, -0.1) is 0 Å². The van der Waals surface area contributed by atoms with Crippen molar-refractivity contribution in [3.63, 3.8) is 0 Å². The largest absolute Gasteiger partial charge is 0.495 e. The first kappa shape index (κ1) is 14.6. The summed E-state index contributed by atoms with van der Waals surface area (Å²) in [7, 11) is 1.64. The van der Waals surface area contributed by atoms with Gasteiger partial charge in [-0.1, -0.05) is 33.8 Å². The van der Waals surface area contributed by atoms with E-state index in [0.29, 0.717) is 0 Å². The summed E-state index contributed by atoms with van der Waals surface area (Å²) in [6.07, 6.45) is 6.08. The molecule has 13 heavy (non-hydrogen) atoms. The molecule has 0 heterocycles. The number of ether oxygens (including phenoxy) is 1. The van der Waals surface area contributed by atoms with Gasteiger partial charge < -0.3 is 10.5 Å². The number of methoxy groups -OCH3 is 1. The smallest absolute Gasteiger partial charge is 0.137 e. The minimum Gasteiger partial charge on any atom is -0.495 e. The van der Waals surface area contributed by atoms with Crippen molar-refractivity contribution in [2.24, 2.45) is 5.73 Å². The molecule has 0 bridgehead atoms. The van der Waals surface area contributed by atoms with Crippen LogP contribution in [0.5, 0.6) is 0 Å². The first-order valence-electron chi connectivity index (χ1n) is 5.04. The molecule has 0 aromatic heterocycles. The van der Waals surface area contributed by atoms with Crippen molar-refractivity contribution >= 4 is 0 Å². The first-order valence-corrected chi connectivity index (χ1v) is 5.04. The highest BCUT2D eigenvalue weighted by atomic mass is 16.5. The van der Waals surface area contributed by atoms with Gasteiger partial charge in [-0.2, -0.15) is 0 Å². The highest BCUT2D eigenvalue weighted by Gasteiger charge is 2.02.